The van der Waals surface area contributed by atoms with Gasteiger partial charge in [0, 0.05) is 5.69 Å². The van der Waals surface area contributed by atoms with Gasteiger partial charge >= 0.3 is 0 Å². The fraction of sp³-hybridized carbons (Fsp3) is 0.167. The smallest absolute Gasteiger partial charge is 0.221 e. The number of aromatic nitrogens is 1. The number of nitrogens with two attached hydrogens (primary N) is 1. The van der Waals surface area contributed by atoms with Crippen LogP contribution in [0.5, 0.6) is 0 Å². The Morgan fingerprint density at radius 1 is 1.35 bits per heavy atom. The number of benzene rings is 1. The lowest BCUT2D eigenvalue weighted by atomic mass is 10.1. The number of carbonyl (C=O) groups is 1. The standard InChI is InChI=1S/C12H13N3O2/c13-12(16)5-9-1-3-10(4-2-9)15-7-11-6-14-8-17-11/h1-4,6,8,15H,5,7H2,(H2,13,16). The Labute approximate surface area is 98.6 Å². The highest BCUT2D eigenvalue weighted by Crippen LogP contribution is 2.11. The second-order valence-electron chi connectivity index (χ2n) is 3.66. The molecule has 0 fully saturated rings. The summed E-state index contributed by atoms with van der Waals surface area (Å²) < 4.78 is 5.10. The SMILES string of the molecule is NC(=O)Cc1ccc(NCc2cnco2)cc1. The van der Waals surface area contributed by atoms with Crippen LogP contribution in [-0.2, 0) is 17.8 Å². The van der Waals surface area contributed by atoms with Crippen molar-refractivity contribution >= 4 is 11.6 Å². The zero-order chi connectivity index (χ0) is 12.1. The molecule has 0 atom stereocenters. The molecule has 5 nitrogen and oxygen atoms in total. The molecule has 0 saturated carbocycles. The molecule has 2 rings (SSSR count). The van der Waals surface area contributed by atoms with Crippen molar-refractivity contribution in [2.45, 2.75) is 13.0 Å². The predicted molar refractivity (Wildman–Crippen MR) is 63.2 cm³/mol. The lowest BCUT2D eigenvalue weighted by Crippen LogP contribution is -2.13. The summed E-state index contributed by atoms with van der Waals surface area (Å²) in [6, 6.07) is 7.53. The molecule has 17 heavy (non-hydrogen) atoms. The van der Waals surface area contributed by atoms with Crippen molar-refractivity contribution in [1.29, 1.82) is 0 Å². The van der Waals surface area contributed by atoms with Crippen LogP contribution in [-0.4, -0.2) is 10.9 Å². The van der Waals surface area contributed by atoms with Gasteiger partial charge in [0.2, 0.25) is 5.91 Å². The first-order valence-corrected chi connectivity index (χ1v) is 5.22. The van der Waals surface area contributed by atoms with Gasteiger partial charge in [0.05, 0.1) is 19.2 Å². The molecule has 1 heterocycles. The summed E-state index contributed by atoms with van der Waals surface area (Å²) in [6.45, 7) is 0.579. The summed E-state index contributed by atoms with van der Waals surface area (Å²) in [6.07, 6.45) is 3.32. The molecule has 0 radical (unpaired) electrons. The molecule has 0 saturated heterocycles. The molecule has 5 heteroatoms. The van der Waals surface area contributed by atoms with Gasteiger partial charge in [0.15, 0.2) is 6.39 Å². The average Bonchev–Trinajstić information content (AvgIpc) is 2.80. The van der Waals surface area contributed by atoms with E-state index in [9.17, 15) is 4.79 Å². The topological polar surface area (TPSA) is 81.2 Å². The van der Waals surface area contributed by atoms with Gasteiger partial charge in [-0.15, -0.1) is 0 Å². The van der Waals surface area contributed by atoms with Crippen LogP contribution in [0.25, 0.3) is 0 Å². The quantitative estimate of drug-likeness (QED) is 0.813. The van der Waals surface area contributed by atoms with E-state index in [2.05, 4.69) is 10.3 Å². The molecule has 0 aliphatic heterocycles. The maximum absolute atomic E-state index is 10.7. The van der Waals surface area contributed by atoms with Gasteiger partial charge < -0.3 is 15.5 Å². The molecule has 0 unspecified atom stereocenters. The number of rotatable bonds is 5. The predicted octanol–water partition coefficient (Wildman–Crippen LogP) is 1.31. The zero-order valence-corrected chi connectivity index (χ0v) is 9.22. The van der Waals surface area contributed by atoms with E-state index in [4.69, 9.17) is 10.2 Å². The molecule has 1 aromatic carbocycles. The van der Waals surface area contributed by atoms with Crippen LogP contribution in [0.3, 0.4) is 0 Å². The fourth-order valence-corrected chi connectivity index (χ4v) is 1.46. The summed E-state index contributed by atoms with van der Waals surface area (Å²) in [4.78, 5) is 14.5. The Kier molecular flexibility index (Phi) is 3.40. The molecule has 3 N–H and O–H groups in total. The summed E-state index contributed by atoms with van der Waals surface area (Å²) in [5.41, 5.74) is 6.97. The Bertz CT molecular complexity index is 477. The van der Waals surface area contributed by atoms with E-state index in [1.807, 2.05) is 24.3 Å². The summed E-state index contributed by atoms with van der Waals surface area (Å²) in [7, 11) is 0. The molecular weight excluding hydrogens is 218 g/mol. The van der Waals surface area contributed by atoms with E-state index in [1.165, 1.54) is 6.39 Å². The van der Waals surface area contributed by atoms with Crippen LogP contribution >= 0.6 is 0 Å². The van der Waals surface area contributed by atoms with Gasteiger partial charge in [0.25, 0.3) is 0 Å². The van der Waals surface area contributed by atoms with E-state index in [0.717, 1.165) is 17.0 Å². The number of carbonyl (C=O) groups excluding carboxylic acids is 1. The normalized spacial score (nSPS) is 10.1. The number of primary amides is 1. The van der Waals surface area contributed by atoms with Crippen molar-refractivity contribution in [2.24, 2.45) is 5.73 Å². The van der Waals surface area contributed by atoms with Gasteiger partial charge in [-0.2, -0.15) is 0 Å². The van der Waals surface area contributed by atoms with Gasteiger partial charge in [-0.05, 0) is 17.7 Å². The van der Waals surface area contributed by atoms with Gasteiger partial charge in [-0.25, -0.2) is 4.98 Å². The maximum Gasteiger partial charge on any atom is 0.221 e. The average molecular weight is 231 g/mol. The molecule has 0 spiro atoms. The molecular formula is C12H13N3O2. The van der Waals surface area contributed by atoms with E-state index in [1.54, 1.807) is 6.20 Å². The van der Waals surface area contributed by atoms with Crippen molar-refractivity contribution in [3.63, 3.8) is 0 Å². The molecule has 88 valence electrons. The highest BCUT2D eigenvalue weighted by Gasteiger charge is 1.99. The minimum atomic E-state index is -0.327. The maximum atomic E-state index is 10.7. The van der Waals surface area contributed by atoms with Crippen LogP contribution in [0.1, 0.15) is 11.3 Å². The Morgan fingerprint density at radius 2 is 2.12 bits per heavy atom. The number of hydrogen-bond acceptors (Lipinski definition) is 4. The third-order valence-electron chi connectivity index (χ3n) is 2.28. The summed E-state index contributed by atoms with van der Waals surface area (Å²) >= 11 is 0. The Hall–Kier alpha value is -2.30. The van der Waals surface area contributed by atoms with Crippen LogP contribution in [0.15, 0.2) is 41.3 Å². The number of anilines is 1. The van der Waals surface area contributed by atoms with Gasteiger partial charge in [0.1, 0.15) is 5.76 Å². The van der Waals surface area contributed by atoms with E-state index in [-0.39, 0.29) is 12.3 Å². The number of hydrogen-bond donors (Lipinski definition) is 2. The third kappa shape index (κ3) is 3.34. The van der Waals surface area contributed by atoms with Crippen LogP contribution < -0.4 is 11.1 Å². The van der Waals surface area contributed by atoms with Crippen LogP contribution in [0.4, 0.5) is 5.69 Å². The first-order chi connectivity index (χ1) is 8.24. The first-order valence-electron chi connectivity index (χ1n) is 5.22. The van der Waals surface area contributed by atoms with Crippen molar-refractivity contribution < 1.29 is 9.21 Å². The lowest BCUT2D eigenvalue weighted by molar-refractivity contribution is -0.117. The Balaban J connectivity index is 1.91. The first kappa shape index (κ1) is 11.2. The molecule has 0 bridgehead atoms. The second kappa shape index (κ2) is 5.16. The van der Waals surface area contributed by atoms with Crippen molar-refractivity contribution in [3.05, 3.63) is 48.2 Å². The number of nitrogens with zero attached hydrogens (tertiary/aromatic N) is 1. The minimum Gasteiger partial charge on any atom is -0.447 e. The van der Waals surface area contributed by atoms with E-state index < -0.39 is 0 Å². The largest absolute Gasteiger partial charge is 0.447 e. The van der Waals surface area contributed by atoms with E-state index in [0.29, 0.717) is 6.54 Å². The van der Waals surface area contributed by atoms with Crippen molar-refractivity contribution in [3.8, 4) is 0 Å². The number of oxazole rings is 1. The third-order valence-corrected chi connectivity index (χ3v) is 2.28. The van der Waals surface area contributed by atoms with Crippen molar-refractivity contribution in [1.82, 2.24) is 4.98 Å². The highest BCUT2D eigenvalue weighted by atomic mass is 16.3. The zero-order valence-electron chi connectivity index (χ0n) is 9.22. The highest BCUT2D eigenvalue weighted by molar-refractivity contribution is 5.76. The number of amides is 1. The second-order valence-corrected chi connectivity index (χ2v) is 3.66. The van der Waals surface area contributed by atoms with Crippen LogP contribution in [0, 0.1) is 0 Å². The minimum absolute atomic E-state index is 0.266. The molecule has 0 aliphatic rings. The lowest BCUT2D eigenvalue weighted by Gasteiger charge is -2.05. The molecule has 1 amide bonds. The number of nitrogens with one attached hydrogen (secondary N) is 1. The van der Waals surface area contributed by atoms with E-state index >= 15 is 0 Å². The monoisotopic (exact) mass is 231 g/mol. The molecule has 0 aliphatic carbocycles. The molecule has 1 aromatic heterocycles. The van der Waals surface area contributed by atoms with Gasteiger partial charge in [-0.1, -0.05) is 12.1 Å². The summed E-state index contributed by atoms with van der Waals surface area (Å²) in [5.74, 6) is 0.443. The summed E-state index contributed by atoms with van der Waals surface area (Å²) in [5, 5.41) is 3.18. The molecule has 2 aromatic rings. The fourth-order valence-electron chi connectivity index (χ4n) is 1.46. The van der Waals surface area contributed by atoms with Crippen molar-refractivity contribution in [2.75, 3.05) is 5.32 Å². The van der Waals surface area contributed by atoms with Gasteiger partial charge in [-0.3, -0.25) is 4.79 Å². The van der Waals surface area contributed by atoms with Crippen LogP contribution in [0.2, 0.25) is 0 Å². The Morgan fingerprint density at radius 3 is 2.71 bits per heavy atom.